The maximum absolute atomic E-state index is 14.2. The van der Waals surface area contributed by atoms with Crippen molar-refractivity contribution < 1.29 is 28.2 Å². The van der Waals surface area contributed by atoms with Crippen molar-refractivity contribution in [3.63, 3.8) is 0 Å². The highest BCUT2D eigenvalue weighted by atomic mass is 19.1. The van der Waals surface area contributed by atoms with Crippen LogP contribution in [0.1, 0.15) is 27.6 Å². The number of nitrogens with one attached hydrogen (secondary N) is 2. The van der Waals surface area contributed by atoms with Crippen molar-refractivity contribution in [3.8, 4) is 0 Å². The Bertz CT molecular complexity index is 993. The Morgan fingerprint density at radius 2 is 1.81 bits per heavy atom. The molecule has 0 aliphatic carbocycles. The van der Waals surface area contributed by atoms with Crippen LogP contribution in [0.3, 0.4) is 0 Å². The minimum Gasteiger partial charge on any atom is -0.450 e. The first-order valence-electron chi connectivity index (χ1n) is 9.08. The first-order valence-corrected chi connectivity index (χ1v) is 9.08. The van der Waals surface area contributed by atoms with Crippen molar-refractivity contribution in [2.24, 2.45) is 5.84 Å². The van der Waals surface area contributed by atoms with Gasteiger partial charge in [-0.3, -0.25) is 19.8 Å². The molecule has 0 fully saturated rings. The summed E-state index contributed by atoms with van der Waals surface area (Å²) in [5.41, 5.74) is 1.58. The smallest absolute Gasteiger partial charge is 0.326 e. The van der Waals surface area contributed by atoms with Crippen molar-refractivity contribution in [1.29, 1.82) is 0 Å². The Hall–Kier alpha value is -3.24. The molecule has 31 heavy (non-hydrogen) atoms. The molecule has 0 spiro atoms. The fourth-order valence-corrected chi connectivity index (χ4v) is 2.73. The van der Waals surface area contributed by atoms with E-state index in [0.29, 0.717) is 7.48 Å². The Morgan fingerprint density at radius 3 is 2.39 bits per heavy atom. The minimum absolute atomic E-state index is 0.118. The maximum Gasteiger partial charge on any atom is 0.326 e. The summed E-state index contributed by atoms with van der Waals surface area (Å²) < 4.78 is 28.2. The average molecular weight is 427 g/mol. The molecule has 0 unspecified atom stereocenters. The average Bonchev–Trinajstić information content (AvgIpc) is 2.74. The zero-order chi connectivity index (χ0) is 23.1. The van der Waals surface area contributed by atoms with E-state index >= 15 is 0 Å². The molecule has 8 nitrogen and oxygen atoms in total. The number of amides is 3. The number of hydrogen-bond donors (Lipinski definition) is 4. The SMILES string of the molecule is [B]c1ccc(C(=O)N(CC(=O)NN)[C@H](C)CNC(=O)c2ccc([B]O)cc2F)c(F)c1. The number of carbonyl (C=O) groups is 3. The molecule has 12 heteroatoms. The molecule has 2 aromatic rings. The van der Waals surface area contributed by atoms with Crippen molar-refractivity contribution in [2.45, 2.75) is 13.0 Å². The fourth-order valence-electron chi connectivity index (χ4n) is 2.73. The number of nitrogens with two attached hydrogens (primary N) is 1. The van der Waals surface area contributed by atoms with E-state index < -0.39 is 41.9 Å². The predicted molar refractivity (Wildman–Crippen MR) is 111 cm³/mol. The van der Waals surface area contributed by atoms with Gasteiger partial charge in [0.05, 0.1) is 11.1 Å². The number of hydrogen-bond acceptors (Lipinski definition) is 5. The highest BCUT2D eigenvalue weighted by Gasteiger charge is 2.26. The van der Waals surface area contributed by atoms with Crippen molar-refractivity contribution in [1.82, 2.24) is 15.6 Å². The summed E-state index contributed by atoms with van der Waals surface area (Å²) in [4.78, 5) is 37.9. The van der Waals surface area contributed by atoms with Gasteiger partial charge in [-0.15, -0.1) is 0 Å². The first-order chi connectivity index (χ1) is 14.7. The van der Waals surface area contributed by atoms with E-state index in [2.05, 4.69) is 5.32 Å². The third kappa shape index (κ3) is 6.12. The summed E-state index contributed by atoms with van der Waals surface area (Å²) in [6.07, 6.45) is 0. The minimum atomic E-state index is -0.873. The third-order valence-electron chi connectivity index (χ3n) is 4.44. The maximum atomic E-state index is 14.2. The van der Waals surface area contributed by atoms with Crippen LogP contribution >= 0.6 is 0 Å². The Labute approximate surface area is 179 Å². The number of rotatable bonds is 8. The Morgan fingerprint density at radius 1 is 1.16 bits per heavy atom. The summed E-state index contributed by atoms with van der Waals surface area (Å²) in [7, 11) is 6.18. The molecule has 0 heterocycles. The van der Waals surface area contributed by atoms with Gasteiger partial charge in [0, 0.05) is 12.6 Å². The second-order valence-electron chi connectivity index (χ2n) is 6.67. The van der Waals surface area contributed by atoms with E-state index in [9.17, 15) is 23.2 Å². The molecule has 2 rings (SSSR count). The van der Waals surface area contributed by atoms with Crippen LogP contribution in [-0.2, 0) is 4.79 Å². The lowest BCUT2D eigenvalue weighted by atomic mass is 9.88. The lowest BCUT2D eigenvalue weighted by Crippen LogP contribution is -2.50. The van der Waals surface area contributed by atoms with Gasteiger partial charge in [-0.25, -0.2) is 14.6 Å². The molecule has 3 amide bonds. The monoisotopic (exact) mass is 427 g/mol. The molecular formula is C19H19B2F2N4O4. The van der Waals surface area contributed by atoms with Crippen LogP contribution in [0.2, 0.25) is 0 Å². The second-order valence-corrected chi connectivity index (χ2v) is 6.67. The van der Waals surface area contributed by atoms with Crippen LogP contribution in [0.25, 0.3) is 0 Å². The lowest BCUT2D eigenvalue weighted by Gasteiger charge is -2.29. The number of hydrazine groups is 1. The molecule has 0 aromatic heterocycles. The zero-order valence-electron chi connectivity index (χ0n) is 16.6. The van der Waals surface area contributed by atoms with Crippen LogP contribution in [0, 0.1) is 11.6 Å². The number of halogens is 2. The molecule has 159 valence electrons. The molecule has 0 aliphatic rings. The van der Waals surface area contributed by atoms with E-state index in [1.807, 2.05) is 5.43 Å². The summed E-state index contributed by atoms with van der Waals surface area (Å²) in [5, 5.41) is 11.4. The molecule has 3 radical (unpaired) electrons. The largest absolute Gasteiger partial charge is 0.450 e. The summed E-state index contributed by atoms with van der Waals surface area (Å²) in [5.74, 6) is 1.04. The van der Waals surface area contributed by atoms with Crippen LogP contribution in [0.4, 0.5) is 8.78 Å². The Kier molecular flexibility index (Phi) is 8.29. The highest BCUT2D eigenvalue weighted by molar-refractivity contribution is 6.45. The van der Waals surface area contributed by atoms with Crippen molar-refractivity contribution in [2.75, 3.05) is 13.1 Å². The van der Waals surface area contributed by atoms with Gasteiger partial charge in [0.1, 0.15) is 26.0 Å². The molecule has 0 saturated carbocycles. The van der Waals surface area contributed by atoms with Crippen LogP contribution in [0.15, 0.2) is 36.4 Å². The van der Waals surface area contributed by atoms with Crippen LogP contribution < -0.4 is 27.5 Å². The van der Waals surface area contributed by atoms with Gasteiger partial charge >= 0.3 is 7.48 Å². The van der Waals surface area contributed by atoms with E-state index in [0.717, 1.165) is 17.0 Å². The topological polar surface area (TPSA) is 125 Å². The van der Waals surface area contributed by atoms with E-state index in [-0.39, 0.29) is 28.6 Å². The molecule has 0 bridgehead atoms. The fraction of sp³-hybridized carbons (Fsp3) is 0.211. The van der Waals surface area contributed by atoms with Crippen LogP contribution in [-0.4, -0.2) is 62.1 Å². The van der Waals surface area contributed by atoms with Gasteiger partial charge in [0.25, 0.3) is 17.7 Å². The third-order valence-corrected chi connectivity index (χ3v) is 4.44. The van der Waals surface area contributed by atoms with Gasteiger partial charge < -0.3 is 15.2 Å². The van der Waals surface area contributed by atoms with E-state index in [1.165, 1.54) is 31.2 Å². The highest BCUT2D eigenvalue weighted by Crippen LogP contribution is 2.12. The van der Waals surface area contributed by atoms with Gasteiger partial charge in [-0.1, -0.05) is 23.1 Å². The molecule has 0 saturated heterocycles. The number of benzene rings is 2. The molecular weight excluding hydrogens is 408 g/mol. The lowest BCUT2D eigenvalue weighted by molar-refractivity contribution is -0.122. The molecule has 5 N–H and O–H groups in total. The second kappa shape index (κ2) is 10.7. The first kappa shape index (κ1) is 24.0. The van der Waals surface area contributed by atoms with Crippen LogP contribution in [0.5, 0.6) is 0 Å². The summed E-state index contributed by atoms with van der Waals surface area (Å²) in [6.45, 7) is 0.829. The molecule has 2 aromatic carbocycles. The normalized spacial score (nSPS) is 11.4. The summed E-state index contributed by atoms with van der Waals surface area (Å²) >= 11 is 0. The van der Waals surface area contributed by atoms with E-state index in [4.69, 9.17) is 18.7 Å². The number of nitrogens with zero attached hydrogens (tertiary/aromatic N) is 1. The van der Waals surface area contributed by atoms with E-state index in [1.54, 1.807) is 0 Å². The van der Waals surface area contributed by atoms with Crippen molar-refractivity contribution in [3.05, 3.63) is 59.2 Å². The standard InChI is InChI=1S/C19H19B2F2N4O4/c1-10(8-25-18(29)13-5-3-12(21-31)7-16(13)23)27(9-17(28)26-24)19(30)14-4-2-11(20)6-15(14)22/h2-7,10,31H,8-9,24H2,1H3,(H,25,29)(H,26,28)/t10-/m1/s1. The van der Waals surface area contributed by atoms with Gasteiger partial charge in [-0.05, 0) is 31.2 Å². The quantitative estimate of drug-likeness (QED) is 0.172. The van der Waals surface area contributed by atoms with Gasteiger partial charge in [-0.2, -0.15) is 0 Å². The number of carbonyl (C=O) groups excluding carboxylic acids is 3. The zero-order valence-corrected chi connectivity index (χ0v) is 16.6. The molecule has 0 aliphatic heterocycles. The predicted octanol–water partition coefficient (Wildman–Crippen LogP) is -1.75. The molecule has 1 atom stereocenters. The van der Waals surface area contributed by atoms with Gasteiger partial charge in [0.2, 0.25) is 0 Å². The van der Waals surface area contributed by atoms with Crippen molar-refractivity contribution >= 4 is 44.0 Å². The Balaban J connectivity index is 2.17. The van der Waals surface area contributed by atoms with Gasteiger partial charge in [0.15, 0.2) is 0 Å². The summed E-state index contributed by atoms with van der Waals surface area (Å²) in [6, 6.07) is 6.19.